The summed E-state index contributed by atoms with van der Waals surface area (Å²) < 4.78 is 22.0. The molecule has 1 saturated carbocycles. The Labute approximate surface area is 205 Å². The van der Waals surface area contributed by atoms with Crippen molar-refractivity contribution in [1.82, 2.24) is 14.7 Å². The van der Waals surface area contributed by atoms with Gasteiger partial charge in [-0.3, -0.25) is 4.90 Å². The van der Waals surface area contributed by atoms with Gasteiger partial charge in [-0.2, -0.15) is 5.10 Å². The van der Waals surface area contributed by atoms with Crippen LogP contribution in [0.5, 0.6) is 11.6 Å². The molecule has 35 heavy (non-hydrogen) atoms. The van der Waals surface area contributed by atoms with E-state index in [1.807, 2.05) is 67.6 Å². The molecule has 0 spiro atoms. The van der Waals surface area contributed by atoms with Crippen LogP contribution in [0.4, 0.5) is 4.39 Å². The first-order valence-corrected chi connectivity index (χ1v) is 12.1. The molecule has 3 aromatic carbocycles. The number of para-hydroxylation sites is 1. The van der Waals surface area contributed by atoms with Crippen molar-refractivity contribution >= 4 is 0 Å². The molecule has 180 valence electrons. The highest BCUT2D eigenvalue weighted by molar-refractivity contribution is 5.43. The number of nitrogens with zero attached hydrogens (tertiary/aromatic N) is 3. The summed E-state index contributed by atoms with van der Waals surface area (Å²) in [6.07, 6.45) is 2.36. The Morgan fingerprint density at radius 1 is 1.03 bits per heavy atom. The summed E-state index contributed by atoms with van der Waals surface area (Å²) in [5, 5.41) is 15.7. The van der Waals surface area contributed by atoms with Gasteiger partial charge < -0.3 is 9.84 Å². The molecule has 0 radical (unpaired) electrons. The number of rotatable bonds is 10. The van der Waals surface area contributed by atoms with Crippen LogP contribution in [0.15, 0.2) is 84.9 Å². The maximum absolute atomic E-state index is 13.9. The third-order valence-electron chi connectivity index (χ3n) is 6.33. The highest BCUT2D eigenvalue weighted by Crippen LogP contribution is 2.35. The van der Waals surface area contributed by atoms with E-state index in [2.05, 4.69) is 4.90 Å². The van der Waals surface area contributed by atoms with Crippen LogP contribution < -0.4 is 4.74 Å². The number of aliphatic hydroxyl groups is 1. The highest BCUT2D eigenvalue weighted by atomic mass is 19.1. The van der Waals surface area contributed by atoms with Crippen molar-refractivity contribution in [3.05, 3.63) is 108 Å². The van der Waals surface area contributed by atoms with Crippen molar-refractivity contribution in [1.29, 1.82) is 0 Å². The van der Waals surface area contributed by atoms with Gasteiger partial charge in [-0.05, 0) is 56.0 Å². The minimum Gasteiger partial charge on any atom is -0.438 e. The lowest BCUT2D eigenvalue weighted by atomic mass is 10.1. The van der Waals surface area contributed by atoms with Crippen LogP contribution in [0.1, 0.15) is 29.7 Å². The van der Waals surface area contributed by atoms with Crippen molar-refractivity contribution in [2.75, 3.05) is 6.54 Å². The Balaban J connectivity index is 1.44. The van der Waals surface area contributed by atoms with Crippen LogP contribution in [0, 0.1) is 12.7 Å². The fraction of sp³-hybridized carbons (Fsp3) is 0.276. The van der Waals surface area contributed by atoms with Crippen LogP contribution >= 0.6 is 0 Å². The molecule has 1 atom stereocenters. The number of hydrogen-bond acceptors (Lipinski definition) is 4. The van der Waals surface area contributed by atoms with Crippen molar-refractivity contribution in [3.63, 3.8) is 0 Å². The maximum atomic E-state index is 13.9. The first kappa shape index (κ1) is 23.3. The molecule has 1 N–H and O–H groups in total. The number of aryl methyl sites for hydroxylation is 1. The summed E-state index contributed by atoms with van der Waals surface area (Å²) in [5.74, 6) is 0.642. The van der Waals surface area contributed by atoms with Crippen molar-refractivity contribution in [2.45, 2.75) is 44.9 Å². The van der Waals surface area contributed by atoms with E-state index in [1.54, 1.807) is 16.8 Å². The topological polar surface area (TPSA) is 50.5 Å². The number of halogens is 1. The summed E-state index contributed by atoms with van der Waals surface area (Å²) in [4.78, 5) is 2.32. The largest absolute Gasteiger partial charge is 0.438 e. The molecular weight excluding hydrogens is 441 g/mol. The zero-order chi connectivity index (χ0) is 24.2. The standard InChI is InChI=1S/C29H30FN3O2/c1-21-28(20-32(24-15-16-24)19-26(34)17-22-9-4-2-5-10-22)29(35-27-14-8-11-23(30)18-27)33(31-21)25-12-6-3-7-13-25/h2-14,18,24,26,34H,15-17,19-20H2,1H3/t26-/m1/s1. The van der Waals surface area contributed by atoms with Crippen molar-refractivity contribution < 1.29 is 14.2 Å². The van der Waals surface area contributed by atoms with E-state index in [0.717, 1.165) is 35.3 Å². The first-order valence-electron chi connectivity index (χ1n) is 12.1. The molecule has 4 aromatic rings. The highest BCUT2D eigenvalue weighted by Gasteiger charge is 2.32. The average molecular weight is 472 g/mol. The fourth-order valence-electron chi connectivity index (χ4n) is 4.42. The second-order valence-corrected chi connectivity index (χ2v) is 9.18. The third-order valence-corrected chi connectivity index (χ3v) is 6.33. The molecule has 0 saturated heterocycles. The third kappa shape index (κ3) is 5.78. The fourth-order valence-corrected chi connectivity index (χ4v) is 4.42. The van der Waals surface area contributed by atoms with Crippen LogP contribution in [-0.2, 0) is 13.0 Å². The predicted molar refractivity (Wildman–Crippen MR) is 134 cm³/mol. The van der Waals surface area contributed by atoms with Crippen LogP contribution in [0.3, 0.4) is 0 Å². The Hall–Kier alpha value is -3.48. The predicted octanol–water partition coefficient (Wildman–Crippen LogP) is 5.68. The Kier molecular flexibility index (Phi) is 6.93. The zero-order valence-electron chi connectivity index (χ0n) is 19.8. The minimum atomic E-state index is -0.477. The van der Waals surface area contributed by atoms with Gasteiger partial charge in [-0.25, -0.2) is 9.07 Å². The van der Waals surface area contributed by atoms with E-state index < -0.39 is 6.10 Å². The molecule has 6 heteroatoms. The molecule has 1 heterocycles. The van der Waals surface area contributed by atoms with E-state index >= 15 is 0 Å². The molecule has 1 aliphatic rings. The molecule has 1 fully saturated rings. The minimum absolute atomic E-state index is 0.352. The summed E-state index contributed by atoms with van der Waals surface area (Å²) in [6.45, 7) is 3.13. The Morgan fingerprint density at radius 2 is 1.74 bits per heavy atom. The van der Waals surface area contributed by atoms with Crippen LogP contribution in [0.25, 0.3) is 5.69 Å². The van der Waals surface area contributed by atoms with Gasteiger partial charge in [-0.15, -0.1) is 0 Å². The summed E-state index contributed by atoms with van der Waals surface area (Å²) in [5.41, 5.74) is 3.79. The summed E-state index contributed by atoms with van der Waals surface area (Å²) in [7, 11) is 0. The monoisotopic (exact) mass is 471 g/mol. The lowest BCUT2D eigenvalue weighted by Gasteiger charge is -2.25. The Bertz CT molecular complexity index is 1260. The number of ether oxygens (including phenoxy) is 1. The quantitative estimate of drug-likeness (QED) is 0.323. The van der Waals surface area contributed by atoms with Gasteiger partial charge >= 0.3 is 0 Å². The van der Waals surface area contributed by atoms with Gasteiger partial charge in [0, 0.05) is 25.2 Å². The average Bonchev–Trinajstić information content (AvgIpc) is 3.66. The molecule has 0 amide bonds. The number of hydrogen-bond donors (Lipinski definition) is 1. The number of aromatic nitrogens is 2. The molecule has 1 aliphatic carbocycles. The lowest BCUT2D eigenvalue weighted by Crippen LogP contribution is -2.35. The second-order valence-electron chi connectivity index (χ2n) is 9.18. The normalized spacial score (nSPS) is 14.3. The number of benzene rings is 3. The lowest BCUT2D eigenvalue weighted by molar-refractivity contribution is 0.103. The molecule has 0 bridgehead atoms. The molecule has 5 rings (SSSR count). The maximum Gasteiger partial charge on any atom is 0.227 e. The van der Waals surface area contributed by atoms with E-state index in [-0.39, 0.29) is 5.82 Å². The zero-order valence-corrected chi connectivity index (χ0v) is 19.8. The van der Waals surface area contributed by atoms with Gasteiger partial charge in [-0.1, -0.05) is 54.6 Å². The number of aliphatic hydroxyl groups excluding tert-OH is 1. The van der Waals surface area contributed by atoms with E-state index in [4.69, 9.17) is 9.84 Å². The van der Waals surface area contributed by atoms with E-state index in [0.29, 0.717) is 37.2 Å². The molecule has 5 nitrogen and oxygen atoms in total. The van der Waals surface area contributed by atoms with Gasteiger partial charge in [0.25, 0.3) is 0 Å². The second kappa shape index (κ2) is 10.4. The van der Waals surface area contributed by atoms with Crippen molar-refractivity contribution in [3.8, 4) is 17.3 Å². The van der Waals surface area contributed by atoms with E-state index in [9.17, 15) is 9.50 Å². The van der Waals surface area contributed by atoms with Gasteiger partial charge in [0.15, 0.2) is 0 Å². The smallest absolute Gasteiger partial charge is 0.227 e. The summed E-state index contributed by atoms with van der Waals surface area (Å²) >= 11 is 0. The molecule has 0 unspecified atom stereocenters. The van der Waals surface area contributed by atoms with Gasteiger partial charge in [0.05, 0.1) is 23.0 Å². The Morgan fingerprint density at radius 3 is 2.43 bits per heavy atom. The molecule has 1 aromatic heterocycles. The first-order chi connectivity index (χ1) is 17.1. The van der Waals surface area contributed by atoms with Crippen LogP contribution in [-0.4, -0.2) is 38.5 Å². The van der Waals surface area contributed by atoms with Crippen molar-refractivity contribution in [2.24, 2.45) is 0 Å². The molecule has 0 aliphatic heterocycles. The SMILES string of the molecule is Cc1nn(-c2ccccc2)c(Oc2cccc(F)c2)c1CN(C[C@H](O)Cc1ccccc1)C1CC1. The molecular formula is C29H30FN3O2. The van der Waals surface area contributed by atoms with Gasteiger partial charge in [0.1, 0.15) is 11.6 Å². The van der Waals surface area contributed by atoms with E-state index in [1.165, 1.54) is 12.1 Å². The summed E-state index contributed by atoms with van der Waals surface area (Å²) in [6, 6.07) is 26.5. The van der Waals surface area contributed by atoms with Crippen LogP contribution in [0.2, 0.25) is 0 Å². The van der Waals surface area contributed by atoms with Gasteiger partial charge in [0.2, 0.25) is 5.88 Å².